The van der Waals surface area contributed by atoms with E-state index < -0.39 is 0 Å². The van der Waals surface area contributed by atoms with Crippen LogP contribution in [-0.2, 0) is 17.6 Å². The van der Waals surface area contributed by atoms with Crippen LogP contribution in [0.5, 0.6) is 0 Å². The molecule has 3 aliphatic rings. The minimum atomic E-state index is -0.0162. The summed E-state index contributed by atoms with van der Waals surface area (Å²) in [5.74, 6) is 2.01. The van der Waals surface area contributed by atoms with Crippen molar-refractivity contribution in [2.24, 2.45) is 11.1 Å². The summed E-state index contributed by atoms with van der Waals surface area (Å²) in [7, 11) is 0. The lowest BCUT2D eigenvalue weighted by Crippen LogP contribution is -2.39. The maximum Gasteiger partial charge on any atom is 0.104 e. The highest BCUT2D eigenvalue weighted by Crippen LogP contribution is 2.50. The number of allylic oxidation sites excluding steroid dienone is 5. The van der Waals surface area contributed by atoms with Crippen LogP contribution in [0.4, 0.5) is 0 Å². The number of ether oxygens (including phenoxy) is 1. The first kappa shape index (κ1) is 17.4. The summed E-state index contributed by atoms with van der Waals surface area (Å²) in [5.41, 5.74) is 14.6. The second kappa shape index (κ2) is 6.31. The molecule has 0 fully saturated rings. The smallest absolute Gasteiger partial charge is 0.104 e. The molecule has 0 radical (unpaired) electrons. The monoisotopic (exact) mass is 350 g/mol. The van der Waals surface area contributed by atoms with Crippen LogP contribution < -0.4 is 5.73 Å². The van der Waals surface area contributed by atoms with Crippen molar-refractivity contribution in [3.05, 3.63) is 69.3 Å². The number of benzene rings is 1. The summed E-state index contributed by atoms with van der Waals surface area (Å²) < 4.78 is 5.96. The largest absolute Gasteiger partial charge is 0.466 e. The van der Waals surface area contributed by atoms with E-state index in [1.165, 1.54) is 27.8 Å². The molecule has 0 saturated carbocycles. The molecule has 1 aliphatic carbocycles. The van der Waals surface area contributed by atoms with Crippen LogP contribution in [0, 0.1) is 5.41 Å². The van der Waals surface area contributed by atoms with Crippen molar-refractivity contribution in [2.75, 3.05) is 19.6 Å². The summed E-state index contributed by atoms with van der Waals surface area (Å²) in [6.45, 7) is 11.8. The fourth-order valence-corrected chi connectivity index (χ4v) is 4.82. The quantitative estimate of drug-likeness (QED) is 0.864. The number of nitrogens with zero attached hydrogens (tertiary/aromatic N) is 1. The Kier molecular flexibility index (Phi) is 4.23. The lowest BCUT2D eigenvalue weighted by atomic mass is 9.85. The SMILES string of the molecule is CC1=C(C)C2=C(N)C(C)(CN3CCc4ccccc4CC3)CC2=C(C)O1. The maximum atomic E-state index is 6.75. The van der Waals surface area contributed by atoms with Gasteiger partial charge in [0.25, 0.3) is 0 Å². The zero-order valence-corrected chi connectivity index (χ0v) is 16.5. The van der Waals surface area contributed by atoms with Crippen LogP contribution >= 0.6 is 0 Å². The van der Waals surface area contributed by atoms with Gasteiger partial charge in [-0.15, -0.1) is 0 Å². The van der Waals surface area contributed by atoms with E-state index in [1.807, 2.05) is 6.92 Å². The molecule has 0 bridgehead atoms. The molecule has 26 heavy (non-hydrogen) atoms. The molecule has 0 spiro atoms. The van der Waals surface area contributed by atoms with Crippen molar-refractivity contribution in [1.82, 2.24) is 4.90 Å². The van der Waals surface area contributed by atoms with E-state index in [2.05, 4.69) is 49.9 Å². The van der Waals surface area contributed by atoms with Gasteiger partial charge in [-0.3, -0.25) is 0 Å². The van der Waals surface area contributed by atoms with E-state index in [0.29, 0.717) is 0 Å². The number of hydrogen-bond acceptors (Lipinski definition) is 3. The summed E-state index contributed by atoms with van der Waals surface area (Å²) in [6.07, 6.45) is 3.24. The van der Waals surface area contributed by atoms with Crippen LogP contribution in [-0.4, -0.2) is 24.5 Å². The van der Waals surface area contributed by atoms with Crippen LogP contribution in [0.2, 0.25) is 0 Å². The fraction of sp³-hybridized carbons (Fsp3) is 0.478. The predicted molar refractivity (Wildman–Crippen MR) is 106 cm³/mol. The molecule has 3 nitrogen and oxygen atoms in total. The number of hydrogen-bond donors (Lipinski definition) is 1. The molecule has 1 atom stereocenters. The summed E-state index contributed by atoms with van der Waals surface area (Å²) in [6, 6.07) is 8.88. The van der Waals surface area contributed by atoms with Crippen molar-refractivity contribution in [1.29, 1.82) is 0 Å². The van der Waals surface area contributed by atoms with Gasteiger partial charge in [0, 0.05) is 41.9 Å². The van der Waals surface area contributed by atoms with Gasteiger partial charge in [0.15, 0.2) is 0 Å². The van der Waals surface area contributed by atoms with Crippen molar-refractivity contribution < 1.29 is 4.74 Å². The molecule has 3 heteroatoms. The Morgan fingerprint density at radius 1 is 1.04 bits per heavy atom. The maximum absolute atomic E-state index is 6.75. The van der Waals surface area contributed by atoms with Gasteiger partial charge in [-0.2, -0.15) is 0 Å². The van der Waals surface area contributed by atoms with Gasteiger partial charge < -0.3 is 15.4 Å². The van der Waals surface area contributed by atoms with Crippen molar-refractivity contribution in [3.8, 4) is 0 Å². The van der Waals surface area contributed by atoms with E-state index >= 15 is 0 Å². The summed E-state index contributed by atoms with van der Waals surface area (Å²) in [4.78, 5) is 2.60. The average Bonchev–Trinajstić information content (AvgIpc) is 2.76. The molecule has 1 aromatic carbocycles. The standard InChI is InChI=1S/C23H30N2O/c1-15-16(2)26-17(3)20-13-23(4,22(24)21(15)20)14-25-11-9-18-7-5-6-8-19(18)10-12-25/h5-8H,9-14,24H2,1-4H3. The van der Waals surface area contributed by atoms with Gasteiger partial charge in [0.2, 0.25) is 0 Å². The molecule has 4 rings (SSSR count). The molecule has 138 valence electrons. The highest BCUT2D eigenvalue weighted by atomic mass is 16.5. The van der Waals surface area contributed by atoms with Crippen molar-refractivity contribution in [3.63, 3.8) is 0 Å². The minimum absolute atomic E-state index is 0.0162. The zero-order chi connectivity index (χ0) is 18.5. The molecule has 1 aromatic rings. The normalized spacial score (nSPS) is 26.6. The first-order valence-electron chi connectivity index (χ1n) is 9.74. The highest BCUT2D eigenvalue weighted by molar-refractivity contribution is 5.58. The summed E-state index contributed by atoms with van der Waals surface area (Å²) in [5, 5.41) is 0. The van der Waals surface area contributed by atoms with Gasteiger partial charge >= 0.3 is 0 Å². The molecular weight excluding hydrogens is 320 g/mol. The third kappa shape index (κ3) is 2.79. The van der Waals surface area contributed by atoms with Crippen molar-refractivity contribution in [2.45, 2.75) is 47.0 Å². The lowest BCUT2D eigenvalue weighted by molar-refractivity contribution is 0.198. The molecule has 2 N–H and O–H groups in total. The minimum Gasteiger partial charge on any atom is -0.466 e. The Balaban J connectivity index is 1.58. The lowest BCUT2D eigenvalue weighted by Gasteiger charge is -2.32. The molecule has 0 amide bonds. The Labute approximate surface area is 157 Å². The Bertz CT molecular complexity index is 819. The third-order valence-electron chi connectivity index (χ3n) is 6.51. The van der Waals surface area contributed by atoms with E-state index in [-0.39, 0.29) is 5.41 Å². The molecule has 2 aliphatic heterocycles. The van der Waals surface area contributed by atoms with Crippen LogP contribution in [0.15, 0.2) is 58.2 Å². The van der Waals surface area contributed by atoms with Gasteiger partial charge in [-0.25, -0.2) is 0 Å². The Hall–Kier alpha value is -2.00. The molecule has 2 heterocycles. The fourth-order valence-electron chi connectivity index (χ4n) is 4.82. The number of rotatable bonds is 2. The zero-order valence-electron chi connectivity index (χ0n) is 16.5. The van der Waals surface area contributed by atoms with E-state index in [9.17, 15) is 0 Å². The van der Waals surface area contributed by atoms with Gasteiger partial charge in [0.05, 0.1) is 0 Å². The summed E-state index contributed by atoms with van der Waals surface area (Å²) >= 11 is 0. The number of fused-ring (bicyclic) bond motifs is 2. The van der Waals surface area contributed by atoms with Crippen LogP contribution in [0.3, 0.4) is 0 Å². The molecule has 1 unspecified atom stereocenters. The average molecular weight is 351 g/mol. The second-order valence-corrected chi connectivity index (χ2v) is 8.39. The second-order valence-electron chi connectivity index (χ2n) is 8.39. The van der Waals surface area contributed by atoms with Gasteiger partial charge in [0.1, 0.15) is 11.5 Å². The van der Waals surface area contributed by atoms with E-state index in [0.717, 1.165) is 56.1 Å². The topological polar surface area (TPSA) is 38.5 Å². The Morgan fingerprint density at radius 2 is 1.65 bits per heavy atom. The Morgan fingerprint density at radius 3 is 2.27 bits per heavy atom. The highest BCUT2D eigenvalue weighted by Gasteiger charge is 2.42. The van der Waals surface area contributed by atoms with Crippen LogP contribution in [0.1, 0.15) is 45.2 Å². The molecule has 0 aromatic heterocycles. The van der Waals surface area contributed by atoms with E-state index in [1.54, 1.807) is 0 Å². The van der Waals surface area contributed by atoms with Gasteiger partial charge in [-0.05, 0) is 56.7 Å². The van der Waals surface area contributed by atoms with Crippen LogP contribution in [0.25, 0.3) is 0 Å². The van der Waals surface area contributed by atoms with Gasteiger partial charge in [-0.1, -0.05) is 31.2 Å². The number of nitrogens with two attached hydrogens (primary N) is 1. The third-order valence-corrected chi connectivity index (χ3v) is 6.51. The first-order valence-corrected chi connectivity index (χ1v) is 9.74. The first-order chi connectivity index (χ1) is 12.4. The predicted octanol–water partition coefficient (Wildman–Crippen LogP) is 4.31. The van der Waals surface area contributed by atoms with E-state index in [4.69, 9.17) is 10.5 Å². The molecular formula is C23H30N2O. The molecule has 0 saturated heterocycles. The van der Waals surface area contributed by atoms with Crippen molar-refractivity contribution >= 4 is 0 Å².